The second-order valence-electron chi connectivity index (χ2n) is 5.32. The molecular formula is C16H18N2O2S2. The third kappa shape index (κ3) is 3.51. The van der Waals surface area contributed by atoms with Crippen LogP contribution in [0.5, 0.6) is 0 Å². The molecule has 4 nitrogen and oxygen atoms in total. The molecule has 0 atom stereocenters. The standard InChI is InChI=1S/C16H18N2O2S2/c19-15(16(20)6-8-21-9-7-16)17-10-14-18-13(11-22-14)12-4-2-1-3-5-12/h1-5,11,20H,6-10H2,(H,17,19). The Bertz CT molecular complexity index is 637. The van der Waals surface area contributed by atoms with E-state index in [1.165, 1.54) is 11.3 Å². The molecule has 1 fully saturated rings. The van der Waals surface area contributed by atoms with Crippen LogP contribution in [0.15, 0.2) is 35.7 Å². The molecule has 0 spiro atoms. The van der Waals surface area contributed by atoms with Crippen LogP contribution in [0.2, 0.25) is 0 Å². The van der Waals surface area contributed by atoms with E-state index in [-0.39, 0.29) is 5.91 Å². The topological polar surface area (TPSA) is 62.2 Å². The number of nitrogens with zero attached hydrogens (tertiary/aromatic N) is 1. The van der Waals surface area contributed by atoms with Gasteiger partial charge in [0, 0.05) is 10.9 Å². The van der Waals surface area contributed by atoms with Gasteiger partial charge in [0.2, 0.25) is 0 Å². The minimum atomic E-state index is -1.20. The Morgan fingerprint density at radius 3 is 2.73 bits per heavy atom. The van der Waals surface area contributed by atoms with Crippen LogP contribution in [-0.2, 0) is 11.3 Å². The van der Waals surface area contributed by atoms with Crippen molar-refractivity contribution in [1.82, 2.24) is 10.3 Å². The molecule has 1 aromatic heterocycles. The Labute approximate surface area is 138 Å². The summed E-state index contributed by atoms with van der Waals surface area (Å²) in [4.78, 5) is 16.7. The molecule has 1 saturated heterocycles. The third-order valence-electron chi connectivity index (χ3n) is 3.76. The Kier molecular flexibility index (Phi) is 4.81. The zero-order valence-corrected chi connectivity index (χ0v) is 13.8. The van der Waals surface area contributed by atoms with Crippen molar-refractivity contribution in [3.63, 3.8) is 0 Å². The lowest BCUT2D eigenvalue weighted by Crippen LogP contribution is -2.48. The number of thiazole rings is 1. The van der Waals surface area contributed by atoms with Gasteiger partial charge in [-0.15, -0.1) is 11.3 Å². The first-order valence-electron chi connectivity index (χ1n) is 7.26. The van der Waals surface area contributed by atoms with Gasteiger partial charge in [0.15, 0.2) is 0 Å². The Morgan fingerprint density at radius 2 is 2.00 bits per heavy atom. The van der Waals surface area contributed by atoms with Crippen LogP contribution in [0.3, 0.4) is 0 Å². The summed E-state index contributed by atoms with van der Waals surface area (Å²) < 4.78 is 0. The molecule has 2 heterocycles. The smallest absolute Gasteiger partial charge is 0.252 e. The molecule has 0 aliphatic carbocycles. The number of rotatable bonds is 4. The quantitative estimate of drug-likeness (QED) is 0.902. The summed E-state index contributed by atoms with van der Waals surface area (Å²) in [7, 11) is 0. The Hall–Kier alpha value is -1.37. The lowest BCUT2D eigenvalue weighted by molar-refractivity contribution is -0.140. The van der Waals surface area contributed by atoms with Gasteiger partial charge >= 0.3 is 0 Å². The molecule has 1 aliphatic heterocycles. The fraction of sp³-hybridized carbons (Fsp3) is 0.375. The van der Waals surface area contributed by atoms with Crippen LogP contribution < -0.4 is 5.32 Å². The van der Waals surface area contributed by atoms with E-state index in [4.69, 9.17) is 0 Å². The number of carbonyl (C=O) groups excluding carboxylic acids is 1. The predicted molar refractivity (Wildman–Crippen MR) is 90.9 cm³/mol. The number of hydrogen-bond acceptors (Lipinski definition) is 5. The zero-order valence-electron chi connectivity index (χ0n) is 12.1. The largest absolute Gasteiger partial charge is 0.380 e. The lowest BCUT2D eigenvalue weighted by Gasteiger charge is -2.30. The number of nitrogens with one attached hydrogen (secondary N) is 1. The number of thioether (sulfide) groups is 1. The summed E-state index contributed by atoms with van der Waals surface area (Å²) in [5.74, 6) is 1.39. The van der Waals surface area contributed by atoms with Gasteiger partial charge in [-0.2, -0.15) is 11.8 Å². The highest BCUT2D eigenvalue weighted by atomic mass is 32.2. The normalized spacial score (nSPS) is 17.1. The summed E-state index contributed by atoms with van der Waals surface area (Å²) >= 11 is 3.30. The Balaban J connectivity index is 1.60. The maximum atomic E-state index is 12.2. The van der Waals surface area contributed by atoms with E-state index in [0.29, 0.717) is 19.4 Å². The van der Waals surface area contributed by atoms with Crippen LogP contribution in [0.1, 0.15) is 17.8 Å². The third-order valence-corrected chi connectivity index (χ3v) is 5.60. The monoisotopic (exact) mass is 334 g/mol. The Morgan fingerprint density at radius 1 is 1.27 bits per heavy atom. The first-order valence-corrected chi connectivity index (χ1v) is 9.29. The van der Waals surface area contributed by atoms with Gasteiger partial charge in [0.1, 0.15) is 10.6 Å². The van der Waals surface area contributed by atoms with Crippen molar-refractivity contribution in [3.8, 4) is 11.3 Å². The summed E-state index contributed by atoms with van der Waals surface area (Å²) in [6, 6.07) is 9.96. The average molecular weight is 334 g/mol. The number of benzene rings is 1. The van der Waals surface area contributed by atoms with Crippen molar-refractivity contribution in [3.05, 3.63) is 40.7 Å². The van der Waals surface area contributed by atoms with Gasteiger partial charge in [-0.1, -0.05) is 30.3 Å². The van der Waals surface area contributed by atoms with Crippen molar-refractivity contribution in [2.75, 3.05) is 11.5 Å². The van der Waals surface area contributed by atoms with E-state index in [2.05, 4.69) is 10.3 Å². The molecule has 1 aliphatic rings. The summed E-state index contributed by atoms with van der Waals surface area (Å²) in [6.45, 7) is 0.367. The maximum absolute atomic E-state index is 12.2. The first-order chi connectivity index (χ1) is 10.7. The number of hydrogen-bond donors (Lipinski definition) is 2. The summed E-state index contributed by atoms with van der Waals surface area (Å²) in [6.07, 6.45) is 1.05. The van der Waals surface area contributed by atoms with Crippen LogP contribution in [0.25, 0.3) is 11.3 Å². The highest BCUT2D eigenvalue weighted by Gasteiger charge is 2.37. The van der Waals surface area contributed by atoms with Crippen LogP contribution in [0.4, 0.5) is 0 Å². The van der Waals surface area contributed by atoms with Crippen molar-refractivity contribution in [1.29, 1.82) is 0 Å². The van der Waals surface area contributed by atoms with Gasteiger partial charge in [-0.3, -0.25) is 4.79 Å². The number of aliphatic hydroxyl groups is 1. The van der Waals surface area contributed by atoms with Crippen molar-refractivity contribution in [2.24, 2.45) is 0 Å². The number of aromatic nitrogens is 1. The van der Waals surface area contributed by atoms with E-state index in [0.717, 1.165) is 27.8 Å². The number of carbonyl (C=O) groups is 1. The molecule has 6 heteroatoms. The minimum Gasteiger partial charge on any atom is -0.380 e. The molecule has 0 saturated carbocycles. The maximum Gasteiger partial charge on any atom is 0.252 e. The average Bonchev–Trinajstić information content (AvgIpc) is 3.03. The fourth-order valence-electron chi connectivity index (χ4n) is 2.39. The lowest BCUT2D eigenvalue weighted by atomic mass is 9.96. The zero-order chi connectivity index (χ0) is 15.4. The van der Waals surface area contributed by atoms with Crippen molar-refractivity contribution >= 4 is 29.0 Å². The molecule has 1 aromatic carbocycles. The molecule has 1 amide bonds. The molecule has 0 unspecified atom stereocenters. The van der Waals surface area contributed by atoms with Gasteiger partial charge in [-0.05, 0) is 24.3 Å². The van der Waals surface area contributed by atoms with E-state index >= 15 is 0 Å². The van der Waals surface area contributed by atoms with E-state index in [1.807, 2.05) is 35.7 Å². The summed E-state index contributed by atoms with van der Waals surface area (Å²) in [5, 5.41) is 16.0. The first kappa shape index (κ1) is 15.5. The number of amides is 1. The van der Waals surface area contributed by atoms with Gasteiger partial charge in [-0.25, -0.2) is 4.98 Å². The highest BCUT2D eigenvalue weighted by molar-refractivity contribution is 7.99. The minimum absolute atomic E-state index is 0.274. The molecule has 3 rings (SSSR count). The van der Waals surface area contributed by atoms with Crippen molar-refractivity contribution < 1.29 is 9.90 Å². The van der Waals surface area contributed by atoms with Gasteiger partial charge in [0.05, 0.1) is 12.2 Å². The van der Waals surface area contributed by atoms with E-state index < -0.39 is 5.60 Å². The molecule has 0 bridgehead atoms. The van der Waals surface area contributed by atoms with Crippen LogP contribution >= 0.6 is 23.1 Å². The summed E-state index contributed by atoms with van der Waals surface area (Å²) in [5.41, 5.74) is 0.784. The van der Waals surface area contributed by atoms with Crippen LogP contribution in [0, 0.1) is 0 Å². The molecule has 0 radical (unpaired) electrons. The van der Waals surface area contributed by atoms with Gasteiger partial charge < -0.3 is 10.4 Å². The van der Waals surface area contributed by atoms with E-state index in [1.54, 1.807) is 11.8 Å². The SMILES string of the molecule is O=C(NCc1nc(-c2ccccc2)cs1)C1(O)CCSCC1. The van der Waals surface area contributed by atoms with E-state index in [9.17, 15) is 9.90 Å². The molecule has 22 heavy (non-hydrogen) atoms. The predicted octanol–water partition coefficient (Wildman–Crippen LogP) is 2.68. The van der Waals surface area contributed by atoms with Crippen LogP contribution in [-0.4, -0.2) is 33.1 Å². The molecule has 116 valence electrons. The highest BCUT2D eigenvalue weighted by Crippen LogP contribution is 2.27. The van der Waals surface area contributed by atoms with Gasteiger partial charge in [0.25, 0.3) is 5.91 Å². The molecule has 2 aromatic rings. The molecule has 2 N–H and O–H groups in total. The second kappa shape index (κ2) is 6.81. The second-order valence-corrected chi connectivity index (χ2v) is 7.49. The fourth-order valence-corrected chi connectivity index (χ4v) is 4.30. The molecular weight excluding hydrogens is 316 g/mol. The van der Waals surface area contributed by atoms with Crippen molar-refractivity contribution in [2.45, 2.75) is 25.0 Å².